The average molecular weight is 385 g/mol. The predicted molar refractivity (Wildman–Crippen MR) is 84.8 cm³/mol. The second kappa shape index (κ2) is 6.46. The maximum Gasteiger partial charge on any atom is 0.516 e. The molecule has 0 atom stereocenters. The zero-order chi connectivity index (χ0) is 17.3. The van der Waals surface area contributed by atoms with E-state index in [0.717, 1.165) is 6.07 Å². The molecule has 2 aromatic carbocycles. The first-order chi connectivity index (χ1) is 10.6. The molecule has 0 saturated carbocycles. The lowest BCUT2D eigenvalue weighted by molar-refractivity contribution is -0.0429. The van der Waals surface area contributed by atoms with Crippen molar-refractivity contribution in [1.29, 1.82) is 0 Å². The lowest BCUT2D eigenvalue weighted by atomic mass is 10.2. The quantitative estimate of drug-likeness (QED) is 0.779. The summed E-state index contributed by atoms with van der Waals surface area (Å²) in [6.45, 7) is 0. The van der Waals surface area contributed by atoms with Crippen molar-refractivity contribution >= 4 is 50.3 Å². The molecule has 0 bridgehead atoms. The third-order valence-corrected chi connectivity index (χ3v) is 4.24. The number of hydrogen-bond acceptors (Lipinski definition) is 3. The van der Waals surface area contributed by atoms with Crippen LogP contribution in [0.1, 0.15) is 0 Å². The van der Waals surface area contributed by atoms with Gasteiger partial charge >= 0.3 is 15.5 Å². The Morgan fingerprint density at radius 3 is 2.00 bits per heavy atom. The third kappa shape index (κ3) is 4.43. The number of nitrogens with one attached hydrogen (secondary N) is 2. The molecule has 0 saturated heterocycles. The molecule has 4 nitrogen and oxygen atoms in total. The van der Waals surface area contributed by atoms with Gasteiger partial charge in [0.25, 0.3) is 0 Å². The zero-order valence-electron chi connectivity index (χ0n) is 11.2. The highest BCUT2D eigenvalue weighted by Gasteiger charge is 2.46. The normalized spacial score (nSPS) is 12.0. The molecule has 0 amide bonds. The number of benzene rings is 2. The summed E-state index contributed by atoms with van der Waals surface area (Å²) in [5, 5.41) is 3.47. The summed E-state index contributed by atoms with van der Waals surface area (Å²) < 4.78 is 61.4. The smallest absolute Gasteiger partial charge is 0.354 e. The molecule has 0 fully saturated rings. The summed E-state index contributed by atoms with van der Waals surface area (Å²) in [5.41, 5.74) is -5.16. The molecule has 0 spiro atoms. The molecule has 0 aliphatic rings. The zero-order valence-corrected chi connectivity index (χ0v) is 13.5. The fourth-order valence-electron chi connectivity index (χ4n) is 1.60. The summed E-state index contributed by atoms with van der Waals surface area (Å²) >= 11 is 11.6. The first-order valence-corrected chi connectivity index (χ1v) is 8.23. The second-order valence-corrected chi connectivity index (χ2v) is 6.92. The summed E-state index contributed by atoms with van der Waals surface area (Å²) in [7, 11) is -5.54. The molecule has 0 aliphatic heterocycles. The van der Waals surface area contributed by atoms with Gasteiger partial charge in [-0.3, -0.25) is 4.72 Å². The van der Waals surface area contributed by atoms with Crippen molar-refractivity contribution in [2.24, 2.45) is 0 Å². The van der Waals surface area contributed by atoms with Crippen LogP contribution in [-0.2, 0) is 10.0 Å². The largest absolute Gasteiger partial charge is 0.516 e. The van der Waals surface area contributed by atoms with Gasteiger partial charge in [-0.1, -0.05) is 23.2 Å². The average Bonchev–Trinajstić information content (AvgIpc) is 2.43. The minimum Gasteiger partial charge on any atom is -0.354 e. The summed E-state index contributed by atoms with van der Waals surface area (Å²) in [5.74, 6) is 0. The Morgan fingerprint density at radius 2 is 1.43 bits per heavy atom. The maximum absolute atomic E-state index is 12.5. The Labute approximate surface area is 140 Å². The van der Waals surface area contributed by atoms with E-state index < -0.39 is 15.5 Å². The van der Waals surface area contributed by atoms with Crippen molar-refractivity contribution < 1.29 is 21.6 Å². The Balaban J connectivity index is 2.36. The van der Waals surface area contributed by atoms with Crippen molar-refractivity contribution in [2.75, 3.05) is 10.0 Å². The molecule has 2 aromatic rings. The Bertz CT molecular complexity index is 809. The van der Waals surface area contributed by atoms with Gasteiger partial charge in [0.1, 0.15) is 0 Å². The van der Waals surface area contributed by atoms with E-state index in [2.05, 4.69) is 5.32 Å². The first-order valence-electron chi connectivity index (χ1n) is 6.00. The van der Waals surface area contributed by atoms with Crippen LogP contribution in [0.15, 0.2) is 42.5 Å². The number of halogens is 5. The van der Waals surface area contributed by atoms with Crippen LogP contribution in [0.5, 0.6) is 0 Å². The molecule has 10 heteroatoms. The van der Waals surface area contributed by atoms with Gasteiger partial charge < -0.3 is 5.32 Å². The minimum absolute atomic E-state index is 0.0626. The van der Waals surface area contributed by atoms with E-state index in [1.165, 1.54) is 16.9 Å². The third-order valence-electron chi connectivity index (χ3n) is 2.65. The first kappa shape index (κ1) is 17.7. The van der Waals surface area contributed by atoms with E-state index in [9.17, 15) is 21.6 Å². The molecule has 124 valence electrons. The van der Waals surface area contributed by atoms with Gasteiger partial charge in [-0.25, -0.2) is 0 Å². The van der Waals surface area contributed by atoms with E-state index in [1.807, 2.05) is 0 Å². The van der Waals surface area contributed by atoms with Crippen LogP contribution in [0.4, 0.5) is 30.2 Å². The highest BCUT2D eigenvalue weighted by Crippen LogP contribution is 2.33. The molecule has 0 radical (unpaired) electrons. The van der Waals surface area contributed by atoms with Crippen LogP contribution >= 0.6 is 23.2 Å². The Hall–Kier alpha value is -1.64. The number of anilines is 3. The molecule has 0 heterocycles. The monoisotopic (exact) mass is 384 g/mol. The molecule has 23 heavy (non-hydrogen) atoms. The van der Waals surface area contributed by atoms with Gasteiger partial charge in [0.15, 0.2) is 0 Å². The molecular formula is C13H9Cl2F3N2O2S. The number of rotatable bonds is 4. The highest BCUT2D eigenvalue weighted by atomic mass is 35.5. The van der Waals surface area contributed by atoms with Gasteiger partial charge in [0.05, 0.1) is 11.4 Å². The van der Waals surface area contributed by atoms with Crippen LogP contribution in [0.2, 0.25) is 10.0 Å². The van der Waals surface area contributed by atoms with Crippen LogP contribution in [0.3, 0.4) is 0 Å². The van der Waals surface area contributed by atoms with Crippen molar-refractivity contribution in [1.82, 2.24) is 0 Å². The standard InChI is InChI=1S/C13H9Cl2F3N2O2S/c14-8-1-4-10(5-2-8)19-12-7-9(15)3-6-11(12)20-23(21,22)13(16,17)18/h1-7,19-20H. The van der Waals surface area contributed by atoms with Crippen molar-refractivity contribution in [2.45, 2.75) is 5.51 Å². The summed E-state index contributed by atoms with van der Waals surface area (Å²) in [6.07, 6.45) is 0. The van der Waals surface area contributed by atoms with Gasteiger partial charge in [-0.15, -0.1) is 0 Å². The molecular weight excluding hydrogens is 376 g/mol. The van der Waals surface area contributed by atoms with Crippen LogP contribution in [0.25, 0.3) is 0 Å². The van der Waals surface area contributed by atoms with E-state index in [0.29, 0.717) is 10.7 Å². The molecule has 0 aliphatic carbocycles. The van der Waals surface area contributed by atoms with Gasteiger partial charge in [0, 0.05) is 15.7 Å². The van der Waals surface area contributed by atoms with E-state index in [1.54, 1.807) is 24.3 Å². The van der Waals surface area contributed by atoms with Crippen molar-refractivity contribution in [3.8, 4) is 0 Å². The number of alkyl halides is 3. The molecule has 0 unspecified atom stereocenters. The van der Waals surface area contributed by atoms with Gasteiger partial charge in [0.2, 0.25) is 0 Å². The predicted octanol–water partition coefficient (Wildman–Crippen LogP) is 5.00. The molecule has 2 N–H and O–H groups in total. The van der Waals surface area contributed by atoms with Crippen LogP contribution in [-0.4, -0.2) is 13.9 Å². The maximum atomic E-state index is 12.5. The molecule has 0 aromatic heterocycles. The minimum atomic E-state index is -5.54. The topological polar surface area (TPSA) is 58.2 Å². The Kier molecular flexibility index (Phi) is 4.98. The SMILES string of the molecule is O=S(=O)(Nc1ccc(Cl)cc1Nc1ccc(Cl)cc1)C(F)(F)F. The number of hydrogen-bond donors (Lipinski definition) is 2. The second-order valence-electron chi connectivity index (χ2n) is 4.37. The fraction of sp³-hybridized carbons (Fsp3) is 0.0769. The van der Waals surface area contributed by atoms with E-state index >= 15 is 0 Å². The lowest BCUT2D eigenvalue weighted by Gasteiger charge is -2.16. The van der Waals surface area contributed by atoms with Gasteiger partial charge in [-0.2, -0.15) is 21.6 Å². The van der Waals surface area contributed by atoms with Gasteiger partial charge in [-0.05, 0) is 42.5 Å². The van der Waals surface area contributed by atoms with Crippen molar-refractivity contribution in [3.63, 3.8) is 0 Å². The van der Waals surface area contributed by atoms with E-state index in [-0.39, 0.29) is 16.4 Å². The number of sulfonamides is 1. The Morgan fingerprint density at radius 1 is 0.870 bits per heavy atom. The highest BCUT2D eigenvalue weighted by molar-refractivity contribution is 7.93. The van der Waals surface area contributed by atoms with E-state index in [4.69, 9.17) is 23.2 Å². The van der Waals surface area contributed by atoms with Crippen LogP contribution in [0, 0.1) is 0 Å². The van der Waals surface area contributed by atoms with Crippen LogP contribution < -0.4 is 10.0 Å². The van der Waals surface area contributed by atoms with Crippen molar-refractivity contribution in [3.05, 3.63) is 52.5 Å². The lowest BCUT2D eigenvalue weighted by Crippen LogP contribution is -2.30. The summed E-state index contributed by atoms with van der Waals surface area (Å²) in [6, 6.07) is 9.97. The fourth-order valence-corrected chi connectivity index (χ4v) is 2.48. The summed E-state index contributed by atoms with van der Waals surface area (Å²) in [4.78, 5) is 0. The molecule has 2 rings (SSSR count).